The molecular formula is C10H22N2O. The molecule has 0 aromatic heterocycles. The molecule has 2 atom stereocenters. The van der Waals surface area contributed by atoms with Crippen molar-refractivity contribution in [3.63, 3.8) is 0 Å². The minimum Gasteiger partial charge on any atom is -0.396 e. The van der Waals surface area contributed by atoms with Gasteiger partial charge in [0.1, 0.15) is 0 Å². The first-order valence-electron chi connectivity index (χ1n) is 5.24. The summed E-state index contributed by atoms with van der Waals surface area (Å²) in [5.74, 6) is 1.24. The first-order chi connectivity index (χ1) is 6.26. The van der Waals surface area contributed by atoms with E-state index in [2.05, 4.69) is 17.1 Å². The minimum absolute atomic E-state index is 0.313. The average Bonchev–Trinajstić information content (AvgIpc) is 2.53. The highest BCUT2D eigenvalue weighted by Gasteiger charge is 2.22. The molecule has 1 saturated heterocycles. The molecule has 0 aromatic carbocycles. The number of aliphatic hydroxyl groups excluding tert-OH is 1. The lowest BCUT2D eigenvalue weighted by atomic mass is 10.1. The first-order valence-corrected chi connectivity index (χ1v) is 5.24. The van der Waals surface area contributed by atoms with Gasteiger partial charge in [-0.3, -0.25) is 0 Å². The first kappa shape index (κ1) is 11.0. The van der Waals surface area contributed by atoms with Gasteiger partial charge in [0.25, 0.3) is 0 Å². The SMILES string of the molecule is CNCC1CCN(CC(C)CO)C1. The largest absolute Gasteiger partial charge is 0.396 e. The van der Waals surface area contributed by atoms with Crippen molar-refractivity contribution in [2.75, 3.05) is 39.8 Å². The Morgan fingerprint density at radius 2 is 2.38 bits per heavy atom. The van der Waals surface area contributed by atoms with Crippen LogP contribution >= 0.6 is 0 Å². The van der Waals surface area contributed by atoms with E-state index < -0.39 is 0 Å². The van der Waals surface area contributed by atoms with Crippen molar-refractivity contribution >= 4 is 0 Å². The number of nitrogens with zero attached hydrogens (tertiary/aromatic N) is 1. The Morgan fingerprint density at radius 1 is 1.62 bits per heavy atom. The van der Waals surface area contributed by atoms with Crippen LogP contribution in [0.4, 0.5) is 0 Å². The van der Waals surface area contributed by atoms with Crippen molar-refractivity contribution in [1.29, 1.82) is 0 Å². The van der Waals surface area contributed by atoms with Crippen molar-refractivity contribution in [3.8, 4) is 0 Å². The molecule has 2 unspecified atom stereocenters. The van der Waals surface area contributed by atoms with Crippen LogP contribution in [0.2, 0.25) is 0 Å². The van der Waals surface area contributed by atoms with E-state index in [1.165, 1.54) is 19.5 Å². The molecule has 1 heterocycles. The van der Waals surface area contributed by atoms with E-state index in [0.29, 0.717) is 12.5 Å². The molecule has 3 nitrogen and oxygen atoms in total. The lowest BCUT2D eigenvalue weighted by Crippen LogP contribution is -2.29. The van der Waals surface area contributed by atoms with Gasteiger partial charge in [0, 0.05) is 19.7 Å². The van der Waals surface area contributed by atoms with E-state index in [1.54, 1.807) is 0 Å². The Balaban J connectivity index is 2.17. The Labute approximate surface area is 81.1 Å². The Morgan fingerprint density at radius 3 is 3.00 bits per heavy atom. The molecule has 13 heavy (non-hydrogen) atoms. The van der Waals surface area contributed by atoms with E-state index in [9.17, 15) is 0 Å². The predicted molar refractivity (Wildman–Crippen MR) is 54.7 cm³/mol. The maximum absolute atomic E-state index is 8.93. The maximum Gasteiger partial charge on any atom is 0.0468 e. The second kappa shape index (κ2) is 5.58. The summed E-state index contributed by atoms with van der Waals surface area (Å²) < 4.78 is 0. The van der Waals surface area contributed by atoms with Crippen LogP contribution < -0.4 is 5.32 Å². The Hall–Kier alpha value is -0.120. The summed E-state index contributed by atoms with van der Waals surface area (Å²) in [6, 6.07) is 0. The number of aliphatic hydroxyl groups is 1. The smallest absolute Gasteiger partial charge is 0.0468 e. The highest BCUT2D eigenvalue weighted by Crippen LogP contribution is 2.16. The summed E-state index contributed by atoms with van der Waals surface area (Å²) in [6.07, 6.45) is 1.30. The third-order valence-electron chi connectivity index (χ3n) is 2.74. The number of rotatable bonds is 5. The van der Waals surface area contributed by atoms with Crippen LogP contribution in [0, 0.1) is 11.8 Å². The van der Waals surface area contributed by atoms with E-state index in [0.717, 1.165) is 19.0 Å². The fourth-order valence-electron chi connectivity index (χ4n) is 2.03. The maximum atomic E-state index is 8.93. The zero-order valence-corrected chi connectivity index (χ0v) is 8.79. The van der Waals surface area contributed by atoms with Gasteiger partial charge in [-0.2, -0.15) is 0 Å². The Kier molecular flexibility index (Phi) is 4.70. The number of nitrogens with one attached hydrogen (secondary N) is 1. The van der Waals surface area contributed by atoms with Gasteiger partial charge in [-0.05, 0) is 38.4 Å². The molecule has 0 spiro atoms. The van der Waals surface area contributed by atoms with Gasteiger partial charge in [-0.1, -0.05) is 6.92 Å². The molecule has 0 aliphatic carbocycles. The van der Waals surface area contributed by atoms with Gasteiger partial charge in [0.2, 0.25) is 0 Å². The zero-order valence-electron chi connectivity index (χ0n) is 8.79. The molecule has 1 aliphatic rings. The van der Waals surface area contributed by atoms with Crippen molar-refractivity contribution in [2.45, 2.75) is 13.3 Å². The number of likely N-dealkylation sites (tertiary alicyclic amines) is 1. The summed E-state index contributed by atoms with van der Waals surface area (Å²) in [5.41, 5.74) is 0. The van der Waals surface area contributed by atoms with Crippen molar-refractivity contribution in [3.05, 3.63) is 0 Å². The second-order valence-electron chi connectivity index (χ2n) is 4.26. The summed E-state index contributed by atoms with van der Waals surface area (Å²) in [7, 11) is 2.01. The summed E-state index contributed by atoms with van der Waals surface area (Å²) in [6.45, 7) is 7.00. The van der Waals surface area contributed by atoms with Gasteiger partial charge in [0.05, 0.1) is 0 Å². The van der Waals surface area contributed by atoms with Crippen molar-refractivity contribution in [2.24, 2.45) is 11.8 Å². The van der Waals surface area contributed by atoms with Gasteiger partial charge in [-0.15, -0.1) is 0 Å². The molecule has 0 aromatic rings. The third kappa shape index (κ3) is 3.63. The van der Waals surface area contributed by atoms with Crippen LogP contribution in [0.1, 0.15) is 13.3 Å². The quantitative estimate of drug-likeness (QED) is 0.642. The molecule has 1 fully saturated rings. The van der Waals surface area contributed by atoms with Gasteiger partial charge in [0.15, 0.2) is 0 Å². The second-order valence-corrected chi connectivity index (χ2v) is 4.26. The van der Waals surface area contributed by atoms with Crippen LogP contribution in [0.25, 0.3) is 0 Å². The monoisotopic (exact) mass is 186 g/mol. The topological polar surface area (TPSA) is 35.5 Å². The standard InChI is InChI=1S/C10H22N2O/c1-9(8-13)6-12-4-3-10(7-12)5-11-2/h9-11,13H,3-8H2,1-2H3. The molecule has 1 aliphatic heterocycles. The average molecular weight is 186 g/mol. The van der Waals surface area contributed by atoms with Gasteiger partial charge >= 0.3 is 0 Å². The molecular weight excluding hydrogens is 164 g/mol. The fourth-order valence-corrected chi connectivity index (χ4v) is 2.03. The van der Waals surface area contributed by atoms with Gasteiger partial charge in [-0.25, -0.2) is 0 Å². The predicted octanol–water partition coefficient (Wildman–Crippen LogP) is 0.156. The molecule has 78 valence electrons. The van der Waals surface area contributed by atoms with Crippen molar-refractivity contribution < 1.29 is 5.11 Å². The number of hydrogen-bond donors (Lipinski definition) is 2. The lowest BCUT2D eigenvalue weighted by molar-refractivity contribution is 0.188. The van der Waals surface area contributed by atoms with E-state index in [-0.39, 0.29) is 0 Å². The number of hydrogen-bond acceptors (Lipinski definition) is 3. The molecule has 3 heteroatoms. The summed E-state index contributed by atoms with van der Waals surface area (Å²) in [4.78, 5) is 2.46. The minimum atomic E-state index is 0.313. The van der Waals surface area contributed by atoms with Crippen LogP contribution in [0.5, 0.6) is 0 Å². The van der Waals surface area contributed by atoms with E-state index >= 15 is 0 Å². The molecule has 2 N–H and O–H groups in total. The van der Waals surface area contributed by atoms with E-state index in [1.807, 2.05) is 7.05 Å². The molecule has 0 amide bonds. The normalized spacial score (nSPS) is 26.5. The molecule has 0 radical (unpaired) electrons. The van der Waals surface area contributed by atoms with Crippen LogP contribution in [-0.2, 0) is 0 Å². The summed E-state index contributed by atoms with van der Waals surface area (Å²) >= 11 is 0. The Bertz CT molecular complexity index is 141. The van der Waals surface area contributed by atoms with Crippen LogP contribution in [0.15, 0.2) is 0 Å². The highest BCUT2D eigenvalue weighted by atomic mass is 16.3. The van der Waals surface area contributed by atoms with Crippen molar-refractivity contribution in [1.82, 2.24) is 10.2 Å². The molecule has 0 bridgehead atoms. The molecule has 0 saturated carbocycles. The fraction of sp³-hybridized carbons (Fsp3) is 1.00. The molecule has 1 rings (SSSR count). The lowest BCUT2D eigenvalue weighted by Gasteiger charge is -2.19. The zero-order chi connectivity index (χ0) is 9.68. The third-order valence-corrected chi connectivity index (χ3v) is 2.74. The van der Waals surface area contributed by atoms with Gasteiger partial charge < -0.3 is 15.3 Å². The summed E-state index contributed by atoms with van der Waals surface area (Å²) in [5, 5.41) is 12.1. The van der Waals surface area contributed by atoms with Crippen LogP contribution in [0.3, 0.4) is 0 Å². The van der Waals surface area contributed by atoms with E-state index in [4.69, 9.17) is 5.11 Å². The highest BCUT2D eigenvalue weighted by molar-refractivity contribution is 4.77. The van der Waals surface area contributed by atoms with Crippen LogP contribution in [-0.4, -0.2) is 49.8 Å².